The summed E-state index contributed by atoms with van der Waals surface area (Å²) < 4.78 is 0. The lowest BCUT2D eigenvalue weighted by molar-refractivity contribution is 0.521. The SMILES string of the molecule is CCCC/C=C\CCC(C)CC. The van der Waals surface area contributed by atoms with Crippen LogP contribution in [0.3, 0.4) is 0 Å². The number of rotatable bonds is 7. The lowest BCUT2D eigenvalue weighted by atomic mass is 10.0. The molecular weight excluding hydrogens is 144 g/mol. The van der Waals surface area contributed by atoms with Gasteiger partial charge in [-0.2, -0.15) is 0 Å². The van der Waals surface area contributed by atoms with Crippen LogP contribution in [0.15, 0.2) is 12.2 Å². The van der Waals surface area contributed by atoms with Crippen molar-refractivity contribution in [3.63, 3.8) is 0 Å². The molecule has 0 nitrogen and oxygen atoms in total. The van der Waals surface area contributed by atoms with E-state index in [9.17, 15) is 0 Å². The molecule has 0 rings (SSSR count). The van der Waals surface area contributed by atoms with Crippen LogP contribution >= 0.6 is 0 Å². The second-order valence-corrected chi connectivity index (χ2v) is 3.70. The zero-order valence-electron chi connectivity index (χ0n) is 8.97. The number of unbranched alkanes of at least 4 members (excludes halogenated alkanes) is 2. The molecule has 0 aromatic heterocycles. The van der Waals surface area contributed by atoms with E-state index in [0.717, 1.165) is 5.92 Å². The molecule has 0 aliphatic heterocycles. The van der Waals surface area contributed by atoms with E-state index >= 15 is 0 Å². The minimum atomic E-state index is 0.904. The summed E-state index contributed by atoms with van der Waals surface area (Å²) in [6.07, 6.45) is 12.6. The fourth-order valence-corrected chi connectivity index (χ4v) is 1.14. The van der Waals surface area contributed by atoms with Crippen LogP contribution in [0, 0.1) is 5.92 Å². The Morgan fingerprint density at radius 3 is 2.33 bits per heavy atom. The zero-order chi connectivity index (χ0) is 9.23. The normalized spacial score (nSPS) is 13.9. The summed E-state index contributed by atoms with van der Waals surface area (Å²) in [6, 6.07) is 0. The Bertz CT molecular complexity index is 103. The quantitative estimate of drug-likeness (QED) is 0.386. The van der Waals surface area contributed by atoms with Gasteiger partial charge in [-0.05, 0) is 25.2 Å². The van der Waals surface area contributed by atoms with Crippen LogP contribution in [-0.4, -0.2) is 0 Å². The molecular formula is C12H24. The van der Waals surface area contributed by atoms with E-state index < -0.39 is 0 Å². The minimum absolute atomic E-state index is 0.904. The summed E-state index contributed by atoms with van der Waals surface area (Å²) >= 11 is 0. The lowest BCUT2D eigenvalue weighted by Crippen LogP contribution is -1.89. The predicted molar refractivity (Wildman–Crippen MR) is 57.4 cm³/mol. The topological polar surface area (TPSA) is 0 Å². The summed E-state index contributed by atoms with van der Waals surface area (Å²) in [5.74, 6) is 0.904. The summed E-state index contributed by atoms with van der Waals surface area (Å²) in [6.45, 7) is 6.85. The van der Waals surface area contributed by atoms with E-state index in [1.54, 1.807) is 0 Å². The van der Waals surface area contributed by atoms with Gasteiger partial charge in [-0.3, -0.25) is 0 Å². The molecule has 0 saturated carbocycles. The Hall–Kier alpha value is -0.260. The molecule has 0 spiro atoms. The Morgan fingerprint density at radius 2 is 1.75 bits per heavy atom. The molecule has 1 unspecified atom stereocenters. The molecule has 1 atom stereocenters. The first-order valence-corrected chi connectivity index (χ1v) is 5.46. The molecule has 0 radical (unpaired) electrons. The first kappa shape index (κ1) is 11.7. The third-order valence-corrected chi connectivity index (χ3v) is 2.41. The summed E-state index contributed by atoms with van der Waals surface area (Å²) in [7, 11) is 0. The van der Waals surface area contributed by atoms with E-state index in [0.29, 0.717) is 0 Å². The monoisotopic (exact) mass is 168 g/mol. The number of hydrogen-bond acceptors (Lipinski definition) is 0. The molecule has 0 aromatic carbocycles. The van der Waals surface area contributed by atoms with Crippen LogP contribution in [0.25, 0.3) is 0 Å². The highest BCUT2D eigenvalue weighted by Crippen LogP contribution is 2.09. The van der Waals surface area contributed by atoms with Gasteiger partial charge in [0.15, 0.2) is 0 Å². The van der Waals surface area contributed by atoms with Crippen LogP contribution in [0.5, 0.6) is 0 Å². The summed E-state index contributed by atoms with van der Waals surface area (Å²) in [5.41, 5.74) is 0. The average Bonchev–Trinajstić information content (AvgIpc) is 2.10. The van der Waals surface area contributed by atoms with Crippen molar-refractivity contribution in [2.75, 3.05) is 0 Å². The molecule has 0 fully saturated rings. The molecule has 0 aliphatic rings. The first-order chi connectivity index (χ1) is 5.81. The van der Waals surface area contributed by atoms with Crippen molar-refractivity contribution in [2.24, 2.45) is 5.92 Å². The Balaban J connectivity index is 3.12. The maximum atomic E-state index is 2.35. The van der Waals surface area contributed by atoms with Crippen molar-refractivity contribution in [1.29, 1.82) is 0 Å². The molecule has 0 bridgehead atoms. The molecule has 0 aromatic rings. The Labute approximate surface area is 78.1 Å². The van der Waals surface area contributed by atoms with Gasteiger partial charge in [-0.15, -0.1) is 0 Å². The van der Waals surface area contributed by atoms with Gasteiger partial charge in [0.1, 0.15) is 0 Å². The van der Waals surface area contributed by atoms with E-state index in [-0.39, 0.29) is 0 Å². The molecule has 72 valence electrons. The van der Waals surface area contributed by atoms with Gasteiger partial charge in [0.25, 0.3) is 0 Å². The van der Waals surface area contributed by atoms with Crippen LogP contribution in [-0.2, 0) is 0 Å². The fourth-order valence-electron chi connectivity index (χ4n) is 1.14. The van der Waals surface area contributed by atoms with Crippen molar-refractivity contribution in [2.45, 2.75) is 59.3 Å². The summed E-state index contributed by atoms with van der Waals surface area (Å²) in [4.78, 5) is 0. The third-order valence-electron chi connectivity index (χ3n) is 2.41. The van der Waals surface area contributed by atoms with Gasteiger partial charge in [0.2, 0.25) is 0 Å². The molecule has 12 heavy (non-hydrogen) atoms. The van der Waals surface area contributed by atoms with E-state index in [1.165, 1.54) is 38.5 Å². The molecule has 0 N–H and O–H groups in total. The molecule has 0 saturated heterocycles. The first-order valence-electron chi connectivity index (χ1n) is 5.46. The van der Waals surface area contributed by atoms with Crippen molar-refractivity contribution >= 4 is 0 Å². The average molecular weight is 168 g/mol. The van der Waals surface area contributed by atoms with Crippen molar-refractivity contribution in [3.05, 3.63) is 12.2 Å². The molecule has 0 amide bonds. The van der Waals surface area contributed by atoms with Crippen LogP contribution < -0.4 is 0 Å². The number of hydrogen-bond donors (Lipinski definition) is 0. The largest absolute Gasteiger partial charge is 0.0885 e. The van der Waals surface area contributed by atoms with Crippen LogP contribution in [0.4, 0.5) is 0 Å². The van der Waals surface area contributed by atoms with Crippen molar-refractivity contribution < 1.29 is 0 Å². The van der Waals surface area contributed by atoms with E-state index in [2.05, 4.69) is 32.9 Å². The highest BCUT2D eigenvalue weighted by molar-refractivity contribution is 4.81. The van der Waals surface area contributed by atoms with E-state index in [1.807, 2.05) is 0 Å². The fraction of sp³-hybridized carbons (Fsp3) is 0.833. The molecule has 0 heterocycles. The highest BCUT2D eigenvalue weighted by atomic mass is 14.0. The second kappa shape index (κ2) is 8.83. The van der Waals surface area contributed by atoms with Gasteiger partial charge in [0.05, 0.1) is 0 Å². The third kappa shape index (κ3) is 7.84. The minimum Gasteiger partial charge on any atom is -0.0885 e. The highest BCUT2D eigenvalue weighted by Gasteiger charge is 1.94. The Morgan fingerprint density at radius 1 is 1.08 bits per heavy atom. The van der Waals surface area contributed by atoms with Crippen molar-refractivity contribution in [3.8, 4) is 0 Å². The standard InChI is InChI=1S/C12H24/c1-4-6-7-8-9-10-11-12(3)5-2/h8-9,12H,4-7,10-11H2,1-3H3/b9-8-. The van der Waals surface area contributed by atoms with Crippen LogP contribution in [0.2, 0.25) is 0 Å². The lowest BCUT2D eigenvalue weighted by Gasteiger charge is -2.03. The maximum absolute atomic E-state index is 2.35. The second-order valence-electron chi connectivity index (χ2n) is 3.70. The Kier molecular flexibility index (Phi) is 8.64. The zero-order valence-corrected chi connectivity index (χ0v) is 8.97. The maximum Gasteiger partial charge on any atom is -0.0348 e. The van der Waals surface area contributed by atoms with Gasteiger partial charge < -0.3 is 0 Å². The predicted octanol–water partition coefficient (Wildman–Crippen LogP) is 4.56. The van der Waals surface area contributed by atoms with Gasteiger partial charge in [0, 0.05) is 0 Å². The molecule has 0 heteroatoms. The van der Waals surface area contributed by atoms with Crippen LogP contribution in [0.1, 0.15) is 59.3 Å². The summed E-state index contributed by atoms with van der Waals surface area (Å²) in [5, 5.41) is 0. The number of allylic oxidation sites excluding steroid dienone is 2. The van der Waals surface area contributed by atoms with Gasteiger partial charge in [-0.25, -0.2) is 0 Å². The van der Waals surface area contributed by atoms with E-state index in [4.69, 9.17) is 0 Å². The van der Waals surface area contributed by atoms with Crippen molar-refractivity contribution in [1.82, 2.24) is 0 Å². The van der Waals surface area contributed by atoms with Gasteiger partial charge in [-0.1, -0.05) is 52.2 Å². The smallest absolute Gasteiger partial charge is 0.0348 e. The van der Waals surface area contributed by atoms with Gasteiger partial charge >= 0.3 is 0 Å². The molecule has 0 aliphatic carbocycles.